The molecule has 0 aliphatic rings. The number of aromatic nitrogens is 2. The van der Waals surface area contributed by atoms with Crippen molar-refractivity contribution in [2.75, 3.05) is 24.3 Å². The van der Waals surface area contributed by atoms with E-state index in [0.717, 1.165) is 23.4 Å². The second-order valence-electron chi connectivity index (χ2n) is 6.33. The maximum absolute atomic E-state index is 13.3. The summed E-state index contributed by atoms with van der Waals surface area (Å²) in [7, 11) is 1.62. The molecule has 0 unspecified atom stereocenters. The molecule has 0 aliphatic heterocycles. The van der Waals surface area contributed by atoms with Gasteiger partial charge in [0.2, 0.25) is 5.95 Å². The van der Waals surface area contributed by atoms with Crippen LogP contribution in [-0.2, 0) is 6.42 Å². The highest BCUT2D eigenvalue weighted by Gasteiger charge is 2.12. The molecule has 29 heavy (non-hydrogen) atoms. The average molecular weight is 398 g/mol. The van der Waals surface area contributed by atoms with Crippen molar-refractivity contribution in [3.63, 3.8) is 0 Å². The van der Waals surface area contributed by atoms with E-state index in [-0.39, 0.29) is 11.4 Å². The zero-order valence-corrected chi connectivity index (χ0v) is 16.0. The van der Waals surface area contributed by atoms with E-state index in [9.17, 15) is 13.6 Å². The monoisotopic (exact) mass is 398 g/mol. The zero-order valence-electron chi connectivity index (χ0n) is 16.0. The number of amides is 1. The van der Waals surface area contributed by atoms with Gasteiger partial charge >= 0.3 is 0 Å². The zero-order chi connectivity index (χ0) is 20.8. The summed E-state index contributed by atoms with van der Waals surface area (Å²) in [5.41, 5.74) is 1.93. The third-order valence-electron chi connectivity index (χ3n) is 4.10. The van der Waals surface area contributed by atoms with E-state index in [2.05, 4.69) is 20.6 Å². The number of hydrogen-bond acceptors (Lipinski definition) is 5. The Hall–Kier alpha value is -3.55. The van der Waals surface area contributed by atoms with Crippen molar-refractivity contribution in [2.45, 2.75) is 13.3 Å². The number of nitrogens with one attached hydrogen (secondary N) is 2. The lowest BCUT2D eigenvalue weighted by molar-refractivity contribution is 0.102. The highest BCUT2D eigenvalue weighted by atomic mass is 19.2. The van der Waals surface area contributed by atoms with Crippen LogP contribution in [-0.4, -0.2) is 29.5 Å². The van der Waals surface area contributed by atoms with E-state index in [1.54, 1.807) is 14.0 Å². The molecule has 1 heterocycles. The molecular formula is C21H20F2N4O2. The number of ether oxygens (including phenoxy) is 1. The van der Waals surface area contributed by atoms with E-state index in [4.69, 9.17) is 4.74 Å². The summed E-state index contributed by atoms with van der Waals surface area (Å²) >= 11 is 0. The quantitative estimate of drug-likeness (QED) is 0.630. The maximum atomic E-state index is 13.3. The summed E-state index contributed by atoms with van der Waals surface area (Å²) in [5.74, 6) is -1.48. The fourth-order valence-corrected chi connectivity index (χ4v) is 2.68. The number of aryl methyl sites for hydroxylation is 1. The molecule has 0 bridgehead atoms. The van der Waals surface area contributed by atoms with Gasteiger partial charge in [0.25, 0.3) is 5.91 Å². The summed E-state index contributed by atoms with van der Waals surface area (Å²) in [6, 6.07) is 12.4. The lowest BCUT2D eigenvalue weighted by atomic mass is 10.1. The first kappa shape index (κ1) is 20.2. The van der Waals surface area contributed by atoms with Gasteiger partial charge in [0.05, 0.1) is 7.11 Å². The standard InChI is InChI=1S/C21H20F2N4O2/c1-13-10-19(20(28)26-15-6-7-17(22)18(23)12-15)27-21(25-13)24-9-8-14-4-3-5-16(11-14)29-2/h3-7,10-12H,8-9H2,1-2H3,(H,26,28)(H,24,25,27). The Balaban J connectivity index is 1.65. The predicted octanol–water partition coefficient (Wildman–Crippen LogP) is 3.98. The van der Waals surface area contributed by atoms with Crippen molar-refractivity contribution in [1.29, 1.82) is 0 Å². The maximum Gasteiger partial charge on any atom is 0.274 e. The van der Waals surface area contributed by atoms with Crippen LogP contribution >= 0.6 is 0 Å². The van der Waals surface area contributed by atoms with Gasteiger partial charge in [0.15, 0.2) is 11.6 Å². The van der Waals surface area contributed by atoms with Crippen LogP contribution < -0.4 is 15.4 Å². The molecule has 3 rings (SSSR count). The van der Waals surface area contributed by atoms with Gasteiger partial charge in [-0.05, 0) is 49.2 Å². The minimum atomic E-state index is -1.04. The molecule has 0 fully saturated rings. The first-order chi connectivity index (χ1) is 13.9. The fourth-order valence-electron chi connectivity index (χ4n) is 2.68. The van der Waals surface area contributed by atoms with Crippen LogP contribution in [0.1, 0.15) is 21.7 Å². The molecule has 3 aromatic rings. The van der Waals surface area contributed by atoms with Crippen LogP contribution in [0, 0.1) is 18.6 Å². The molecule has 6 nitrogen and oxygen atoms in total. The van der Waals surface area contributed by atoms with Gasteiger partial charge in [-0.2, -0.15) is 0 Å². The summed E-state index contributed by atoms with van der Waals surface area (Å²) in [6.07, 6.45) is 0.713. The van der Waals surface area contributed by atoms with Crippen LogP contribution in [0.15, 0.2) is 48.5 Å². The number of rotatable bonds is 7. The number of benzene rings is 2. The summed E-state index contributed by atoms with van der Waals surface area (Å²) in [6.45, 7) is 2.30. The van der Waals surface area contributed by atoms with E-state index in [0.29, 0.717) is 24.6 Å². The largest absolute Gasteiger partial charge is 0.497 e. The average Bonchev–Trinajstić information content (AvgIpc) is 2.70. The van der Waals surface area contributed by atoms with Gasteiger partial charge in [-0.25, -0.2) is 18.7 Å². The number of halogens is 2. The van der Waals surface area contributed by atoms with Crippen molar-refractivity contribution >= 4 is 17.5 Å². The van der Waals surface area contributed by atoms with Gasteiger partial charge in [-0.1, -0.05) is 12.1 Å². The first-order valence-corrected chi connectivity index (χ1v) is 8.93. The second kappa shape index (κ2) is 9.09. The van der Waals surface area contributed by atoms with E-state index < -0.39 is 17.5 Å². The molecule has 0 spiro atoms. The highest BCUT2D eigenvalue weighted by molar-refractivity contribution is 6.03. The molecule has 0 saturated carbocycles. The third-order valence-corrected chi connectivity index (χ3v) is 4.10. The van der Waals surface area contributed by atoms with Crippen molar-refractivity contribution < 1.29 is 18.3 Å². The Morgan fingerprint density at radius 3 is 2.66 bits per heavy atom. The third kappa shape index (κ3) is 5.47. The molecule has 1 amide bonds. The number of hydrogen-bond donors (Lipinski definition) is 2. The Morgan fingerprint density at radius 2 is 1.90 bits per heavy atom. The van der Waals surface area contributed by atoms with Crippen LogP contribution in [0.2, 0.25) is 0 Å². The molecule has 1 aromatic heterocycles. The van der Waals surface area contributed by atoms with Crippen molar-refractivity contribution in [3.8, 4) is 5.75 Å². The van der Waals surface area contributed by atoms with Crippen molar-refractivity contribution in [2.24, 2.45) is 0 Å². The van der Waals surface area contributed by atoms with Gasteiger partial charge in [-0.3, -0.25) is 4.79 Å². The van der Waals surface area contributed by atoms with Crippen LogP contribution in [0.3, 0.4) is 0 Å². The SMILES string of the molecule is COc1cccc(CCNc2nc(C)cc(C(=O)Nc3ccc(F)c(F)c3)n2)c1. The normalized spacial score (nSPS) is 10.5. The Bertz CT molecular complexity index is 1030. The van der Waals surface area contributed by atoms with Crippen LogP contribution in [0.25, 0.3) is 0 Å². The predicted molar refractivity (Wildman–Crippen MR) is 106 cm³/mol. The molecular weight excluding hydrogens is 378 g/mol. The van der Waals surface area contributed by atoms with Gasteiger partial charge in [0, 0.05) is 24.0 Å². The van der Waals surface area contributed by atoms with Crippen LogP contribution in [0.5, 0.6) is 5.75 Å². The molecule has 0 radical (unpaired) electrons. The number of carbonyl (C=O) groups is 1. The highest BCUT2D eigenvalue weighted by Crippen LogP contribution is 2.15. The molecule has 0 atom stereocenters. The summed E-state index contributed by atoms with van der Waals surface area (Å²) in [5, 5.41) is 5.59. The Labute approximate surface area is 167 Å². The molecule has 2 N–H and O–H groups in total. The van der Waals surface area contributed by atoms with Gasteiger partial charge in [0.1, 0.15) is 11.4 Å². The second-order valence-corrected chi connectivity index (χ2v) is 6.33. The van der Waals surface area contributed by atoms with Crippen molar-refractivity contribution in [3.05, 3.63) is 77.1 Å². The summed E-state index contributed by atoms with van der Waals surface area (Å²) < 4.78 is 31.5. The lowest BCUT2D eigenvalue weighted by Crippen LogP contribution is -2.17. The van der Waals surface area contributed by atoms with E-state index >= 15 is 0 Å². The van der Waals surface area contributed by atoms with E-state index in [1.807, 2.05) is 24.3 Å². The molecule has 150 valence electrons. The number of nitrogens with zero attached hydrogens (tertiary/aromatic N) is 2. The minimum absolute atomic E-state index is 0.117. The molecule has 8 heteroatoms. The number of anilines is 2. The molecule has 0 aliphatic carbocycles. The Kier molecular flexibility index (Phi) is 6.33. The van der Waals surface area contributed by atoms with Gasteiger partial charge in [-0.15, -0.1) is 0 Å². The first-order valence-electron chi connectivity index (χ1n) is 8.93. The number of methoxy groups -OCH3 is 1. The summed E-state index contributed by atoms with van der Waals surface area (Å²) in [4.78, 5) is 20.9. The molecule has 0 saturated heterocycles. The Morgan fingerprint density at radius 1 is 1.07 bits per heavy atom. The van der Waals surface area contributed by atoms with Crippen LogP contribution in [0.4, 0.5) is 20.4 Å². The fraction of sp³-hybridized carbons (Fsp3) is 0.190. The van der Waals surface area contributed by atoms with E-state index in [1.165, 1.54) is 12.1 Å². The smallest absolute Gasteiger partial charge is 0.274 e. The van der Waals surface area contributed by atoms with Crippen molar-refractivity contribution in [1.82, 2.24) is 9.97 Å². The lowest BCUT2D eigenvalue weighted by Gasteiger charge is -2.10. The topological polar surface area (TPSA) is 76.1 Å². The minimum Gasteiger partial charge on any atom is -0.497 e. The molecule has 2 aromatic carbocycles. The number of carbonyl (C=O) groups excluding carboxylic acids is 1. The van der Waals surface area contributed by atoms with Gasteiger partial charge < -0.3 is 15.4 Å².